The number of nitrogens with one attached hydrogen (secondary N) is 2. The summed E-state index contributed by atoms with van der Waals surface area (Å²) in [6.45, 7) is 3.83. The van der Waals surface area contributed by atoms with Gasteiger partial charge in [-0.3, -0.25) is 9.59 Å². The molecule has 0 saturated heterocycles. The Morgan fingerprint density at radius 1 is 0.923 bits per heavy atom. The van der Waals surface area contributed by atoms with Gasteiger partial charge in [-0.2, -0.15) is 0 Å². The van der Waals surface area contributed by atoms with Gasteiger partial charge in [0.15, 0.2) is 12.2 Å². The van der Waals surface area contributed by atoms with Gasteiger partial charge in [-0.1, -0.05) is 42.5 Å². The van der Waals surface area contributed by atoms with E-state index < -0.39 is 23.3 Å². The van der Waals surface area contributed by atoms with Crippen molar-refractivity contribution in [1.29, 1.82) is 0 Å². The van der Waals surface area contributed by atoms with Gasteiger partial charge in [0.25, 0.3) is 0 Å². The number of hydrogen-bond donors (Lipinski definition) is 2. The zero-order valence-corrected chi connectivity index (χ0v) is 21.9. The van der Waals surface area contributed by atoms with E-state index >= 15 is 0 Å². The largest absolute Gasteiger partial charge is 0.496 e. The molecule has 0 fully saturated rings. The van der Waals surface area contributed by atoms with Gasteiger partial charge < -0.3 is 24.5 Å². The average Bonchev–Trinajstić information content (AvgIpc) is 3.47. The van der Waals surface area contributed by atoms with E-state index in [1.54, 1.807) is 48.7 Å². The van der Waals surface area contributed by atoms with Crippen molar-refractivity contribution in [3.05, 3.63) is 102 Å². The molecule has 0 aliphatic heterocycles. The number of methoxy groups -OCH3 is 1. The quantitative estimate of drug-likeness (QED) is 0.237. The van der Waals surface area contributed by atoms with Crippen molar-refractivity contribution in [2.24, 2.45) is 0 Å². The molecule has 3 aromatic carbocycles. The van der Waals surface area contributed by atoms with E-state index in [9.17, 15) is 14.4 Å². The zero-order valence-electron chi connectivity index (χ0n) is 21.9. The van der Waals surface area contributed by atoms with E-state index in [2.05, 4.69) is 15.6 Å². The average molecular weight is 528 g/mol. The lowest BCUT2D eigenvalue weighted by atomic mass is 9.94. The molecule has 0 unspecified atom stereocenters. The molecule has 0 aliphatic carbocycles. The highest BCUT2D eigenvalue weighted by Gasteiger charge is 2.25. The Morgan fingerprint density at radius 3 is 2.33 bits per heavy atom. The molecule has 0 atom stereocenters. The van der Waals surface area contributed by atoms with Crippen molar-refractivity contribution >= 4 is 23.5 Å². The summed E-state index contributed by atoms with van der Waals surface area (Å²) in [6.07, 6.45) is 3.30. The fourth-order valence-electron chi connectivity index (χ4n) is 3.99. The number of esters is 1. The van der Waals surface area contributed by atoms with E-state index in [1.165, 1.54) is 13.5 Å². The molecule has 1 aromatic heterocycles. The molecule has 2 N–H and O–H groups in total. The molecule has 0 spiro atoms. The monoisotopic (exact) mass is 527 g/mol. The van der Waals surface area contributed by atoms with Crippen molar-refractivity contribution < 1.29 is 28.3 Å². The number of ether oxygens (including phenoxy) is 2. The first-order valence-electron chi connectivity index (χ1n) is 12.2. The normalized spacial score (nSPS) is 10.9. The van der Waals surface area contributed by atoms with Crippen molar-refractivity contribution in [1.82, 2.24) is 10.3 Å². The number of benzene rings is 3. The summed E-state index contributed by atoms with van der Waals surface area (Å²) in [5.41, 5.74) is 2.54. The fourth-order valence-corrected chi connectivity index (χ4v) is 3.99. The van der Waals surface area contributed by atoms with Crippen molar-refractivity contribution in [2.75, 3.05) is 12.4 Å². The van der Waals surface area contributed by atoms with Crippen LogP contribution in [0.3, 0.4) is 0 Å². The minimum absolute atomic E-state index is 0.195. The topological polar surface area (TPSA) is 120 Å². The number of carbonyl (C=O) groups excluding carboxylic acids is 3. The van der Waals surface area contributed by atoms with Gasteiger partial charge >= 0.3 is 17.8 Å². The third-order valence-electron chi connectivity index (χ3n) is 5.86. The fraction of sp³-hybridized carbons (Fsp3) is 0.200. The second-order valence-electron chi connectivity index (χ2n) is 9.51. The summed E-state index contributed by atoms with van der Waals surface area (Å²) in [5.74, 6) is -1.03. The summed E-state index contributed by atoms with van der Waals surface area (Å²) in [5, 5.41) is 5.36. The molecule has 4 aromatic rings. The smallest absolute Gasteiger partial charge is 0.338 e. The molecule has 0 saturated carbocycles. The molecule has 4 rings (SSSR count). The lowest BCUT2D eigenvalue weighted by molar-refractivity contribution is -0.137. The Balaban J connectivity index is 1.31. The molecule has 2 amide bonds. The molecule has 200 valence electrons. The van der Waals surface area contributed by atoms with Crippen LogP contribution in [0.2, 0.25) is 0 Å². The Morgan fingerprint density at radius 2 is 1.67 bits per heavy atom. The van der Waals surface area contributed by atoms with Gasteiger partial charge in [0.05, 0.1) is 24.4 Å². The maximum Gasteiger partial charge on any atom is 0.338 e. The third-order valence-corrected chi connectivity index (χ3v) is 5.86. The van der Waals surface area contributed by atoms with Crippen LogP contribution >= 0.6 is 0 Å². The molecule has 9 heteroatoms. The first-order chi connectivity index (χ1) is 18.7. The second-order valence-corrected chi connectivity index (χ2v) is 9.51. The van der Waals surface area contributed by atoms with Crippen LogP contribution in [0.1, 0.15) is 35.3 Å². The highest BCUT2D eigenvalue weighted by atomic mass is 16.5. The molecule has 1 heterocycles. The lowest BCUT2D eigenvalue weighted by Crippen LogP contribution is -2.49. The Bertz CT molecular complexity index is 1430. The summed E-state index contributed by atoms with van der Waals surface area (Å²) in [4.78, 5) is 41.5. The van der Waals surface area contributed by atoms with Gasteiger partial charge in [0.1, 0.15) is 12.4 Å². The maximum atomic E-state index is 12.7. The number of carbonyl (C=O) groups is 3. The van der Waals surface area contributed by atoms with Crippen LogP contribution in [0.4, 0.5) is 5.69 Å². The van der Waals surface area contributed by atoms with E-state index in [4.69, 9.17) is 13.9 Å². The first kappa shape index (κ1) is 27.1. The van der Waals surface area contributed by atoms with Crippen LogP contribution < -0.4 is 15.4 Å². The van der Waals surface area contributed by atoms with Crippen LogP contribution in [0.25, 0.3) is 11.3 Å². The number of amides is 2. The number of anilines is 1. The second kappa shape index (κ2) is 12.1. The molecule has 9 nitrogen and oxygen atoms in total. The number of aromatic nitrogens is 1. The minimum atomic E-state index is -0.811. The van der Waals surface area contributed by atoms with Gasteiger partial charge in [-0.25, -0.2) is 9.78 Å². The van der Waals surface area contributed by atoms with Gasteiger partial charge in [0.2, 0.25) is 0 Å². The predicted octanol–water partition coefficient (Wildman–Crippen LogP) is 4.78. The van der Waals surface area contributed by atoms with Crippen LogP contribution in [0, 0.1) is 0 Å². The van der Waals surface area contributed by atoms with Crippen LogP contribution in [-0.2, 0) is 27.4 Å². The SMILES string of the molecule is COc1cc(NC(=O)C(=O)NC(C)(C)Cc2ccc(C(=O)OCc3ccccc3)cc2)ccc1-c1cnco1. The molecule has 0 radical (unpaired) electrons. The molecule has 0 aliphatic rings. The number of oxazole rings is 1. The Labute approximate surface area is 226 Å². The van der Waals surface area contributed by atoms with E-state index in [1.807, 2.05) is 44.2 Å². The van der Waals surface area contributed by atoms with Crippen LogP contribution in [0.5, 0.6) is 5.75 Å². The number of nitrogens with zero attached hydrogens (tertiary/aromatic N) is 1. The van der Waals surface area contributed by atoms with E-state index in [-0.39, 0.29) is 6.61 Å². The van der Waals surface area contributed by atoms with Crippen LogP contribution in [-0.4, -0.2) is 35.4 Å². The van der Waals surface area contributed by atoms with Crippen molar-refractivity contribution in [3.63, 3.8) is 0 Å². The summed E-state index contributed by atoms with van der Waals surface area (Å²) < 4.78 is 16.1. The van der Waals surface area contributed by atoms with Crippen molar-refractivity contribution in [3.8, 4) is 17.1 Å². The molecule has 0 bridgehead atoms. The van der Waals surface area contributed by atoms with Crippen molar-refractivity contribution in [2.45, 2.75) is 32.4 Å². The standard InChI is InChI=1S/C30H29N3O6/c1-30(2,16-20-9-11-22(12-10-20)29(36)38-18-21-7-5-4-6-8-21)33-28(35)27(34)32-23-13-14-24(25(15-23)37-3)26-17-31-19-39-26/h4-15,17,19H,16,18H2,1-3H3,(H,32,34)(H,33,35). The molecular weight excluding hydrogens is 498 g/mol. The lowest BCUT2D eigenvalue weighted by Gasteiger charge is -2.26. The minimum Gasteiger partial charge on any atom is -0.496 e. The zero-order chi connectivity index (χ0) is 27.8. The Hall–Kier alpha value is -4.92. The number of hydrogen-bond acceptors (Lipinski definition) is 7. The van der Waals surface area contributed by atoms with E-state index in [0.29, 0.717) is 34.7 Å². The highest BCUT2D eigenvalue weighted by Crippen LogP contribution is 2.32. The number of rotatable bonds is 9. The summed E-state index contributed by atoms with van der Waals surface area (Å²) >= 11 is 0. The molecule has 39 heavy (non-hydrogen) atoms. The maximum absolute atomic E-state index is 12.7. The summed E-state index contributed by atoms with van der Waals surface area (Å²) in [6, 6.07) is 21.4. The third kappa shape index (κ3) is 7.32. The van der Waals surface area contributed by atoms with Crippen LogP contribution in [0.15, 0.2) is 89.8 Å². The summed E-state index contributed by atoms with van der Waals surface area (Å²) in [7, 11) is 1.50. The Kier molecular flexibility index (Phi) is 8.40. The van der Waals surface area contributed by atoms with E-state index in [0.717, 1.165) is 11.1 Å². The van der Waals surface area contributed by atoms with Gasteiger partial charge in [0, 0.05) is 17.3 Å². The predicted molar refractivity (Wildman–Crippen MR) is 145 cm³/mol. The van der Waals surface area contributed by atoms with Gasteiger partial charge in [-0.15, -0.1) is 0 Å². The van der Waals surface area contributed by atoms with Gasteiger partial charge in [-0.05, 0) is 55.7 Å². The highest BCUT2D eigenvalue weighted by molar-refractivity contribution is 6.39. The first-order valence-corrected chi connectivity index (χ1v) is 12.2. The molecular formula is C30H29N3O6.